The van der Waals surface area contributed by atoms with Gasteiger partial charge in [0.2, 0.25) is 0 Å². The highest BCUT2D eigenvalue weighted by molar-refractivity contribution is 7.15. The maximum atomic E-state index is 5.76. The summed E-state index contributed by atoms with van der Waals surface area (Å²) in [5.41, 5.74) is 6.80. The van der Waals surface area contributed by atoms with Crippen molar-refractivity contribution >= 4 is 11.3 Å². The van der Waals surface area contributed by atoms with E-state index in [0.717, 1.165) is 12.1 Å². The fraction of sp³-hybridized carbons (Fsp3) is 0.250. The fourth-order valence-electron chi connectivity index (χ4n) is 1.45. The third kappa shape index (κ3) is 2.64. The van der Waals surface area contributed by atoms with E-state index in [2.05, 4.69) is 17.1 Å². The molecule has 2 N–H and O–H groups in total. The van der Waals surface area contributed by atoms with Gasteiger partial charge in [-0.25, -0.2) is 0 Å². The molecule has 0 aliphatic heterocycles. The summed E-state index contributed by atoms with van der Waals surface area (Å²) in [6.45, 7) is 2.03. The second kappa shape index (κ2) is 4.55. The molecule has 78 valence electrons. The number of hydrogen-bond acceptors (Lipinski definition) is 3. The van der Waals surface area contributed by atoms with Gasteiger partial charge in [0.15, 0.2) is 0 Å². The van der Waals surface area contributed by atoms with Crippen LogP contribution in [0.25, 0.3) is 10.6 Å². The number of nitrogens with zero attached hydrogens (tertiary/aromatic N) is 1. The van der Waals surface area contributed by atoms with Crippen LogP contribution in [0.5, 0.6) is 0 Å². The highest BCUT2D eigenvalue weighted by Crippen LogP contribution is 2.26. The van der Waals surface area contributed by atoms with Gasteiger partial charge in [0.25, 0.3) is 0 Å². The lowest BCUT2D eigenvalue weighted by atomic mass is 10.2. The summed E-state index contributed by atoms with van der Waals surface area (Å²) in [6, 6.07) is 10.4. The first-order valence-corrected chi connectivity index (χ1v) is 5.83. The molecule has 0 fully saturated rings. The lowest BCUT2D eigenvalue weighted by Gasteiger charge is -2.00. The topological polar surface area (TPSA) is 38.9 Å². The van der Waals surface area contributed by atoms with Crippen molar-refractivity contribution in [2.24, 2.45) is 5.73 Å². The second-order valence-electron chi connectivity index (χ2n) is 3.66. The first-order valence-electron chi connectivity index (χ1n) is 5.01. The molecule has 0 radical (unpaired) electrons. The maximum absolute atomic E-state index is 5.76. The van der Waals surface area contributed by atoms with Crippen LogP contribution in [0.4, 0.5) is 0 Å². The molecule has 0 amide bonds. The highest BCUT2D eigenvalue weighted by Gasteiger charge is 2.04. The molecular weight excluding hydrogens is 204 g/mol. The van der Waals surface area contributed by atoms with Gasteiger partial charge in [-0.2, -0.15) is 0 Å². The number of hydrogen-bond donors (Lipinski definition) is 1. The first-order chi connectivity index (χ1) is 7.25. The van der Waals surface area contributed by atoms with Crippen LogP contribution < -0.4 is 5.73 Å². The molecule has 3 heteroatoms. The minimum absolute atomic E-state index is 0.222. The molecule has 0 aliphatic rings. The van der Waals surface area contributed by atoms with Gasteiger partial charge in [-0.15, -0.1) is 11.3 Å². The molecule has 2 heterocycles. The molecular formula is C12H14N2S. The molecule has 1 atom stereocenters. The number of nitrogens with two attached hydrogens (primary N) is 1. The zero-order valence-electron chi connectivity index (χ0n) is 8.68. The summed E-state index contributed by atoms with van der Waals surface area (Å²) >= 11 is 1.77. The summed E-state index contributed by atoms with van der Waals surface area (Å²) in [5.74, 6) is 0. The summed E-state index contributed by atoms with van der Waals surface area (Å²) < 4.78 is 0. The van der Waals surface area contributed by atoms with E-state index in [-0.39, 0.29) is 6.04 Å². The van der Waals surface area contributed by atoms with E-state index in [1.807, 2.05) is 31.3 Å². The second-order valence-corrected chi connectivity index (χ2v) is 4.83. The zero-order valence-corrected chi connectivity index (χ0v) is 9.50. The number of thiophene rings is 1. The van der Waals surface area contributed by atoms with Gasteiger partial charge in [-0.05, 0) is 37.6 Å². The lowest BCUT2D eigenvalue weighted by Crippen LogP contribution is -2.16. The SMILES string of the molecule is CC(N)Cc1ccc(-c2ccccn2)s1. The van der Waals surface area contributed by atoms with Crippen molar-refractivity contribution in [2.75, 3.05) is 0 Å². The Morgan fingerprint density at radius 3 is 2.87 bits per heavy atom. The average Bonchev–Trinajstić information content (AvgIpc) is 2.67. The smallest absolute Gasteiger partial charge is 0.0801 e. The van der Waals surface area contributed by atoms with Crippen molar-refractivity contribution in [3.05, 3.63) is 41.4 Å². The predicted octanol–water partition coefficient (Wildman–Crippen LogP) is 2.70. The van der Waals surface area contributed by atoms with Crippen molar-refractivity contribution in [1.29, 1.82) is 0 Å². The Bertz CT molecular complexity index is 420. The largest absolute Gasteiger partial charge is 0.328 e. The molecule has 0 spiro atoms. The van der Waals surface area contributed by atoms with Crippen molar-refractivity contribution in [3.8, 4) is 10.6 Å². The zero-order chi connectivity index (χ0) is 10.7. The van der Waals surface area contributed by atoms with E-state index in [0.29, 0.717) is 0 Å². The third-order valence-corrected chi connectivity index (χ3v) is 3.23. The number of rotatable bonds is 3. The van der Waals surface area contributed by atoms with E-state index in [4.69, 9.17) is 5.73 Å². The molecule has 0 bridgehead atoms. The molecule has 2 nitrogen and oxygen atoms in total. The van der Waals surface area contributed by atoms with Crippen molar-refractivity contribution in [2.45, 2.75) is 19.4 Å². The van der Waals surface area contributed by atoms with Gasteiger partial charge in [-0.3, -0.25) is 4.98 Å². The van der Waals surface area contributed by atoms with Crippen molar-refractivity contribution < 1.29 is 0 Å². The van der Waals surface area contributed by atoms with Crippen LogP contribution in [0.15, 0.2) is 36.5 Å². The molecule has 1 unspecified atom stereocenters. The third-order valence-electron chi connectivity index (χ3n) is 2.10. The van der Waals surface area contributed by atoms with E-state index in [9.17, 15) is 0 Å². The number of aromatic nitrogens is 1. The number of pyridine rings is 1. The fourth-order valence-corrected chi connectivity index (χ4v) is 2.58. The molecule has 2 aromatic rings. The summed E-state index contributed by atoms with van der Waals surface area (Å²) in [4.78, 5) is 6.86. The van der Waals surface area contributed by atoms with E-state index >= 15 is 0 Å². The van der Waals surface area contributed by atoms with Gasteiger partial charge in [-0.1, -0.05) is 6.07 Å². The van der Waals surface area contributed by atoms with Crippen molar-refractivity contribution in [3.63, 3.8) is 0 Å². The van der Waals surface area contributed by atoms with Crippen LogP contribution in [-0.4, -0.2) is 11.0 Å². The standard InChI is InChI=1S/C12H14N2S/c1-9(13)8-10-5-6-12(15-10)11-4-2-3-7-14-11/h2-7,9H,8,13H2,1H3. The molecule has 0 saturated heterocycles. The van der Waals surface area contributed by atoms with Crippen LogP contribution in [0.3, 0.4) is 0 Å². The molecule has 2 rings (SSSR count). The Kier molecular flexibility index (Phi) is 3.14. The normalized spacial score (nSPS) is 12.7. The quantitative estimate of drug-likeness (QED) is 0.860. The highest BCUT2D eigenvalue weighted by atomic mass is 32.1. The van der Waals surface area contributed by atoms with Crippen LogP contribution in [0.1, 0.15) is 11.8 Å². The van der Waals surface area contributed by atoms with Crippen LogP contribution >= 0.6 is 11.3 Å². The van der Waals surface area contributed by atoms with E-state index < -0.39 is 0 Å². The van der Waals surface area contributed by atoms with Gasteiger partial charge >= 0.3 is 0 Å². The Morgan fingerprint density at radius 1 is 1.33 bits per heavy atom. The first kappa shape index (κ1) is 10.3. The molecule has 0 saturated carbocycles. The van der Waals surface area contributed by atoms with Gasteiger partial charge in [0, 0.05) is 17.1 Å². The van der Waals surface area contributed by atoms with Crippen LogP contribution in [0.2, 0.25) is 0 Å². The Hall–Kier alpha value is -1.19. The predicted molar refractivity (Wildman–Crippen MR) is 64.9 cm³/mol. The summed E-state index contributed by atoms with van der Waals surface area (Å²) in [6.07, 6.45) is 2.76. The van der Waals surface area contributed by atoms with Gasteiger partial charge in [0.05, 0.1) is 10.6 Å². The summed E-state index contributed by atoms with van der Waals surface area (Å²) in [5, 5.41) is 0. The van der Waals surface area contributed by atoms with Crippen LogP contribution in [0, 0.1) is 0 Å². The Morgan fingerprint density at radius 2 is 2.20 bits per heavy atom. The Labute approximate surface area is 93.8 Å². The molecule has 15 heavy (non-hydrogen) atoms. The van der Waals surface area contributed by atoms with Crippen molar-refractivity contribution in [1.82, 2.24) is 4.98 Å². The minimum Gasteiger partial charge on any atom is -0.328 e. The average molecular weight is 218 g/mol. The minimum atomic E-state index is 0.222. The van der Waals surface area contributed by atoms with Gasteiger partial charge in [0.1, 0.15) is 0 Å². The summed E-state index contributed by atoms with van der Waals surface area (Å²) in [7, 11) is 0. The Balaban J connectivity index is 2.21. The maximum Gasteiger partial charge on any atom is 0.0801 e. The molecule has 2 aromatic heterocycles. The molecule has 0 aliphatic carbocycles. The van der Waals surface area contributed by atoms with E-state index in [1.165, 1.54) is 9.75 Å². The lowest BCUT2D eigenvalue weighted by molar-refractivity contribution is 0.746. The monoisotopic (exact) mass is 218 g/mol. The van der Waals surface area contributed by atoms with Gasteiger partial charge < -0.3 is 5.73 Å². The van der Waals surface area contributed by atoms with Crippen LogP contribution in [-0.2, 0) is 6.42 Å². The van der Waals surface area contributed by atoms with E-state index in [1.54, 1.807) is 11.3 Å². The molecule has 0 aromatic carbocycles.